The molecule has 0 aliphatic rings. The number of alkyl carbamates (subject to hydrolysis) is 1. The van der Waals surface area contributed by atoms with Crippen LogP contribution < -0.4 is 16.4 Å². The number of nitrogens with one attached hydrogen (secondary N) is 2. The van der Waals surface area contributed by atoms with Crippen molar-refractivity contribution >= 4 is 17.7 Å². The molecule has 0 heterocycles. The van der Waals surface area contributed by atoms with Gasteiger partial charge < -0.3 is 30.9 Å². The zero-order valence-corrected chi connectivity index (χ0v) is 18.2. The van der Waals surface area contributed by atoms with E-state index in [0.29, 0.717) is 12.1 Å². The van der Waals surface area contributed by atoms with Crippen LogP contribution in [0.3, 0.4) is 0 Å². The minimum atomic E-state index is -0.968. The number of anilines is 1. The maximum Gasteiger partial charge on any atom is 0.408 e. The molecule has 1 aromatic carbocycles. The maximum absolute atomic E-state index is 12.8. The standard InChI is InChI=1S/C21H35N3O5/c1-20(2,3)28-13-17(24-19(27)29-21(4,5)6)18(26)23-16(12-25)11-14-7-9-15(22)10-8-14/h7-10,16-17,25H,11-13,22H2,1-6H3,(H,23,26)(H,24,27)/t16-,17-/m0/s1. The van der Waals surface area contributed by atoms with Gasteiger partial charge >= 0.3 is 6.09 Å². The number of amides is 2. The summed E-state index contributed by atoms with van der Waals surface area (Å²) in [4.78, 5) is 24.9. The molecule has 5 N–H and O–H groups in total. The van der Waals surface area contributed by atoms with Crippen molar-refractivity contribution < 1.29 is 24.2 Å². The van der Waals surface area contributed by atoms with Gasteiger partial charge in [0.15, 0.2) is 0 Å². The molecule has 29 heavy (non-hydrogen) atoms. The molecule has 164 valence electrons. The second-order valence-corrected chi connectivity index (χ2v) is 8.96. The number of rotatable bonds is 8. The third-order valence-electron chi connectivity index (χ3n) is 3.72. The third kappa shape index (κ3) is 10.7. The summed E-state index contributed by atoms with van der Waals surface area (Å²) in [6, 6.07) is 5.70. The van der Waals surface area contributed by atoms with Crippen LogP contribution >= 0.6 is 0 Å². The first-order valence-electron chi connectivity index (χ1n) is 9.68. The Morgan fingerprint density at radius 2 is 1.62 bits per heavy atom. The van der Waals surface area contributed by atoms with Crippen LogP contribution in [0, 0.1) is 0 Å². The van der Waals surface area contributed by atoms with E-state index in [1.54, 1.807) is 32.9 Å². The van der Waals surface area contributed by atoms with Crippen LogP contribution in [0.4, 0.5) is 10.5 Å². The van der Waals surface area contributed by atoms with E-state index in [1.165, 1.54) is 0 Å². The van der Waals surface area contributed by atoms with Crippen LogP contribution in [0.25, 0.3) is 0 Å². The molecule has 2 atom stereocenters. The summed E-state index contributed by atoms with van der Waals surface area (Å²) < 4.78 is 10.9. The zero-order chi connectivity index (χ0) is 22.2. The van der Waals surface area contributed by atoms with Crippen LogP contribution in [-0.2, 0) is 20.7 Å². The molecule has 0 unspecified atom stereocenters. The summed E-state index contributed by atoms with van der Waals surface area (Å²) in [6.45, 7) is 10.5. The maximum atomic E-state index is 12.8. The van der Waals surface area contributed by atoms with Crippen molar-refractivity contribution in [2.24, 2.45) is 0 Å². The molecule has 0 bridgehead atoms. The highest BCUT2D eigenvalue weighted by Crippen LogP contribution is 2.11. The van der Waals surface area contributed by atoms with Gasteiger partial charge in [-0.1, -0.05) is 12.1 Å². The average Bonchev–Trinajstić information content (AvgIpc) is 2.57. The number of carbonyl (C=O) groups excluding carboxylic acids is 2. The molecule has 8 heteroatoms. The second-order valence-electron chi connectivity index (χ2n) is 8.96. The fourth-order valence-corrected chi connectivity index (χ4v) is 2.37. The van der Waals surface area contributed by atoms with Crippen molar-refractivity contribution in [2.45, 2.75) is 71.2 Å². The van der Waals surface area contributed by atoms with Crippen LogP contribution in [0.2, 0.25) is 0 Å². The van der Waals surface area contributed by atoms with Gasteiger partial charge in [0.1, 0.15) is 11.6 Å². The van der Waals surface area contributed by atoms with E-state index in [4.69, 9.17) is 15.2 Å². The van der Waals surface area contributed by atoms with E-state index in [-0.39, 0.29) is 13.2 Å². The van der Waals surface area contributed by atoms with Gasteiger partial charge in [0.05, 0.1) is 24.9 Å². The van der Waals surface area contributed by atoms with E-state index in [9.17, 15) is 14.7 Å². The van der Waals surface area contributed by atoms with Crippen molar-refractivity contribution in [1.29, 1.82) is 0 Å². The highest BCUT2D eigenvalue weighted by atomic mass is 16.6. The summed E-state index contributed by atoms with van der Waals surface area (Å²) in [5, 5.41) is 15.0. The quantitative estimate of drug-likeness (QED) is 0.487. The summed E-state index contributed by atoms with van der Waals surface area (Å²) in [7, 11) is 0. The lowest BCUT2D eigenvalue weighted by Gasteiger charge is -2.27. The minimum absolute atomic E-state index is 0.0331. The van der Waals surface area contributed by atoms with E-state index >= 15 is 0 Å². The number of aliphatic hydroxyl groups excluding tert-OH is 1. The van der Waals surface area contributed by atoms with Gasteiger partial charge in [-0.25, -0.2) is 4.79 Å². The van der Waals surface area contributed by atoms with Gasteiger partial charge in [-0.3, -0.25) is 4.79 Å². The summed E-state index contributed by atoms with van der Waals surface area (Å²) in [6.07, 6.45) is -0.295. The Morgan fingerprint density at radius 1 is 1.03 bits per heavy atom. The smallest absolute Gasteiger partial charge is 0.408 e. The molecule has 0 spiro atoms. The zero-order valence-electron chi connectivity index (χ0n) is 18.2. The number of carbonyl (C=O) groups is 2. The summed E-state index contributed by atoms with van der Waals surface area (Å²) in [5.41, 5.74) is 6.05. The Hall–Kier alpha value is -2.32. The Bertz CT molecular complexity index is 662. The molecule has 0 radical (unpaired) electrons. The van der Waals surface area contributed by atoms with Gasteiger partial charge in [-0.15, -0.1) is 0 Å². The topological polar surface area (TPSA) is 123 Å². The first-order valence-corrected chi connectivity index (χ1v) is 9.68. The summed E-state index contributed by atoms with van der Waals surface area (Å²) in [5.74, 6) is -0.463. The van der Waals surface area contributed by atoms with Crippen LogP contribution in [0.5, 0.6) is 0 Å². The highest BCUT2D eigenvalue weighted by Gasteiger charge is 2.27. The molecule has 0 aliphatic heterocycles. The molecule has 2 amide bonds. The number of nitrogen functional groups attached to an aromatic ring is 1. The second kappa shape index (κ2) is 10.5. The number of benzene rings is 1. The number of ether oxygens (including phenoxy) is 2. The predicted octanol–water partition coefficient (Wildman–Crippen LogP) is 2.00. The number of hydrogen-bond donors (Lipinski definition) is 4. The number of aliphatic hydroxyl groups is 1. The van der Waals surface area contributed by atoms with Crippen molar-refractivity contribution in [3.05, 3.63) is 29.8 Å². The molecule has 0 saturated heterocycles. The molecule has 1 rings (SSSR count). The molecular formula is C21H35N3O5. The number of hydrogen-bond acceptors (Lipinski definition) is 6. The highest BCUT2D eigenvalue weighted by molar-refractivity contribution is 5.86. The molecule has 0 aromatic heterocycles. The first-order chi connectivity index (χ1) is 13.3. The Morgan fingerprint density at radius 3 is 2.10 bits per heavy atom. The van der Waals surface area contributed by atoms with Crippen molar-refractivity contribution in [3.63, 3.8) is 0 Å². The first kappa shape index (κ1) is 24.7. The normalized spacial score (nSPS) is 14.0. The molecule has 8 nitrogen and oxygen atoms in total. The molecular weight excluding hydrogens is 374 g/mol. The van der Waals surface area contributed by atoms with E-state index < -0.39 is 35.3 Å². The van der Waals surface area contributed by atoms with Crippen molar-refractivity contribution in [3.8, 4) is 0 Å². The monoisotopic (exact) mass is 409 g/mol. The fraction of sp³-hybridized carbons (Fsp3) is 0.619. The molecule has 0 aliphatic carbocycles. The average molecular weight is 410 g/mol. The predicted molar refractivity (Wildman–Crippen MR) is 112 cm³/mol. The summed E-state index contributed by atoms with van der Waals surface area (Å²) >= 11 is 0. The third-order valence-corrected chi connectivity index (χ3v) is 3.72. The van der Waals surface area contributed by atoms with E-state index in [2.05, 4.69) is 10.6 Å². The lowest BCUT2D eigenvalue weighted by Crippen LogP contribution is -2.54. The Labute approximate surface area is 173 Å². The van der Waals surface area contributed by atoms with Crippen molar-refractivity contribution in [1.82, 2.24) is 10.6 Å². The lowest BCUT2D eigenvalue weighted by molar-refractivity contribution is -0.127. The van der Waals surface area contributed by atoms with Crippen LogP contribution in [0.15, 0.2) is 24.3 Å². The van der Waals surface area contributed by atoms with Gasteiger partial charge in [0.2, 0.25) is 5.91 Å². The molecule has 1 aromatic rings. The van der Waals surface area contributed by atoms with Crippen LogP contribution in [0.1, 0.15) is 47.1 Å². The van der Waals surface area contributed by atoms with E-state index in [0.717, 1.165) is 5.56 Å². The SMILES string of the molecule is CC(C)(C)OC[C@H](NC(=O)OC(C)(C)C)C(=O)N[C@H](CO)Cc1ccc(N)cc1. The molecule has 0 fully saturated rings. The van der Waals surface area contributed by atoms with Gasteiger partial charge in [0, 0.05) is 5.69 Å². The van der Waals surface area contributed by atoms with E-state index in [1.807, 2.05) is 32.9 Å². The van der Waals surface area contributed by atoms with Gasteiger partial charge in [-0.05, 0) is 65.7 Å². The Balaban J connectivity index is 2.81. The van der Waals surface area contributed by atoms with Crippen LogP contribution in [-0.4, -0.2) is 53.6 Å². The Kier molecular flexibility index (Phi) is 8.91. The van der Waals surface area contributed by atoms with Gasteiger partial charge in [0.25, 0.3) is 0 Å². The van der Waals surface area contributed by atoms with Crippen molar-refractivity contribution in [2.75, 3.05) is 18.9 Å². The van der Waals surface area contributed by atoms with Gasteiger partial charge in [-0.2, -0.15) is 0 Å². The number of nitrogens with two attached hydrogens (primary N) is 1. The fourth-order valence-electron chi connectivity index (χ4n) is 2.37. The molecule has 0 saturated carbocycles. The lowest BCUT2D eigenvalue weighted by atomic mass is 10.1. The minimum Gasteiger partial charge on any atom is -0.444 e. The largest absolute Gasteiger partial charge is 0.444 e.